The number of ether oxygens (including phenoxy) is 2. The Bertz CT molecular complexity index is 964. The second-order valence-corrected chi connectivity index (χ2v) is 10.0. The smallest absolute Gasteiger partial charge is 0.407 e. The third-order valence-corrected chi connectivity index (χ3v) is 5.93. The van der Waals surface area contributed by atoms with Crippen LogP contribution >= 0.6 is 0 Å². The Morgan fingerprint density at radius 2 is 1.46 bits per heavy atom. The number of carbonyl (C=O) groups excluding carboxylic acids is 3. The van der Waals surface area contributed by atoms with Gasteiger partial charge in [-0.15, -0.1) is 0 Å². The number of rotatable bonds is 8. The van der Waals surface area contributed by atoms with E-state index in [0.29, 0.717) is 32.1 Å². The second-order valence-electron chi connectivity index (χ2n) is 10.0. The van der Waals surface area contributed by atoms with E-state index < -0.39 is 23.7 Å². The Hall–Kier alpha value is -3.35. The van der Waals surface area contributed by atoms with Crippen LogP contribution in [0.3, 0.4) is 0 Å². The van der Waals surface area contributed by atoms with Crippen LogP contribution in [-0.4, -0.2) is 35.7 Å². The van der Waals surface area contributed by atoms with Gasteiger partial charge in [-0.25, -0.2) is 9.59 Å². The summed E-state index contributed by atoms with van der Waals surface area (Å²) in [6, 6.07) is 18.2. The molecular weight excluding hydrogens is 444 g/mol. The summed E-state index contributed by atoms with van der Waals surface area (Å²) in [6.07, 6.45) is 2.54. The molecule has 7 heteroatoms. The fourth-order valence-electron chi connectivity index (χ4n) is 4.14. The summed E-state index contributed by atoms with van der Waals surface area (Å²) < 4.78 is 10.9. The van der Waals surface area contributed by atoms with E-state index in [0.717, 1.165) is 11.1 Å². The molecule has 1 aliphatic rings. The maximum absolute atomic E-state index is 13.1. The summed E-state index contributed by atoms with van der Waals surface area (Å²) in [5.41, 5.74) is 1.28. The van der Waals surface area contributed by atoms with Gasteiger partial charge in [0.05, 0.1) is 0 Å². The first-order valence-corrected chi connectivity index (χ1v) is 12.2. The highest BCUT2D eigenvalue weighted by Crippen LogP contribution is 2.25. The van der Waals surface area contributed by atoms with E-state index in [1.807, 2.05) is 81.4 Å². The fourth-order valence-corrected chi connectivity index (χ4v) is 4.14. The predicted octanol–water partition coefficient (Wildman–Crippen LogP) is 4.54. The topological polar surface area (TPSA) is 93.7 Å². The van der Waals surface area contributed by atoms with E-state index in [1.54, 1.807) is 0 Å². The van der Waals surface area contributed by atoms with Crippen LogP contribution in [0.5, 0.6) is 0 Å². The molecule has 0 radical (unpaired) electrons. The zero-order chi connectivity index (χ0) is 25.3. The first kappa shape index (κ1) is 26.3. The molecule has 0 heterocycles. The van der Waals surface area contributed by atoms with Gasteiger partial charge in [0, 0.05) is 18.4 Å². The largest absolute Gasteiger partial charge is 0.459 e. The van der Waals surface area contributed by atoms with Gasteiger partial charge in [0.2, 0.25) is 5.91 Å². The molecule has 0 bridgehead atoms. The van der Waals surface area contributed by atoms with Gasteiger partial charge in [0.25, 0.3) is 0 Å². The Kier molecular flexibility index (Phi) is 9.29. The lowest BCUT2D eigenvalue weighted by Gasteiger charge is -2.30. The molecule has 1 saturated carbocycles. The molecule has 7 nitrogen and oxygen atoms in total. The number of nitrogens with one attached hydrogen (secondary N) is 2. The number of esters is 1. The lowest BCUT2D eigenvalue weighted by Crippen LogP contribution is -2.47. The zero-order valence-corrected chi connectivity index (χ0v) is 20.8. The first-order chi connectivity index (χ1) is 16.7. The summed E-state index contributed by atoms with van der Waals surface area (Å²) in [7, 11) is 0. The van der Waals surface area contributed by atoms with E-state index in [9.17, 15) is 14.4 Å². The quantitative estimate of drug-likeness (QED) is 0.541. The number of amides is 2. The van der Waals surface area contributed by atoms with Crippen molar-refractivity contribution < 1.29 is 23.9 Å². The first-order valence-electron chi connectivity index (χ1n) is 12.2. The van der Waals surface area contributed by atoms with Crippen LogP contribution in [-0.2, 0) is 32.1 Å². The number of alkyl carbamates (subject to hydrolysis) is 1. The Labute approximate surface area is 207 Å². The second kappa shape index (κ2) is 12.4. The summed E-state index contributed by atoms with van der Waals surface area (Å²) >= 11 is 0. The van der Waals surface area contributed by atoms with Crippen molar-refractivity contribution in [1.82, 2.24) is 10.6 Å². The Morgan fingerprint density at radius 3 is 2.03 bits per heavy atom. The minimum Gasteiger partial charge on any atom is -0.459 e. The average Bonchev–Trinajstić information content (AvgIpc) is 2.82. The van der Waals surface area contributed by atoms with Crippen molar-refractivity contribution in [2.75, 3.05) is 0 Å². The van der Waals surface area contributed by atoms with Crippen LogP contribution in [0.2, 0.25) is 0 Å². The molecule has 0 saturated heterocycles. The highest BCUT2D eigenvalue weighted by molar-refractivity contribution is 5.86. The van der Waals surface area contributed by atoms with Crippen molar-refractivity contribution in [2.24, 2.45) is 5.92 Å². The van der Waals surface area contributed by atoms with E-state index in [1.165, 1.54) is 0 Å². The fraction of sp³-hybridized carbons (Fsp3) is 0.464. The molecular formula is C28H36N2O5. The number of hydrogen-bond acceptors (Lipinski definition) is 5. The van der Waals surface area contributed by atoms with Gasteiger partial charge < -0.3 is 20.1 Å². The number of benzene rings is 2. The van der Waals surface area contributed by atoms with E-state index in [4.69, 9.17) is 9.47 Å². The molecule has 35 heavy (non-hydrogen) atoms. The molecule has 1 atom stereocenters. The van der Waals surface area contributed by atoms with Crippen LogP contribution in [0, 0.1) is 5.92 Å². The average molecular weight is 481 g/mol. The lowest BCUT2D eigenvalue weighted by molar-refractivity contribution is -0.149. The van der Waals surface area contributed by atoms with Crippen molar-refractivity contribution in [1.29, 1.82) is 0 Å². The molecule has 0 aromatic heterocycles. The normalized spacial score (nSPS) is 18.7. The molecule has 0 aliphatic heterocycles. The van der Waals surface area contributed by atoms with Crippen LogP contribution in [0.15, 0.2) is 60.7 Å². The molecule has 1 unspecified atom stereocenters. The van der Waals surface area contributed by atoms with Gasteiger partial charge in [-0.1, -0.05) is 60.7 Å². The van der Waals surface area contributed by atoms with Crippen LogP contribution < -0.4 is 10.6 Å². The van der Waals surface area contributed by atoms with Gasteiger partial charge in [0.1, 0.15) is 18.2 Å². The van der Waals surface area contributed by atoms with Crippen LogP contribution in [0.25, 0.3) is 0 Å². The molecule has 2 aromatic carbocycles. The molecule has 1 fully saturated rings. The molecule has 1 aliphatic carbocycles. The van der Waals surface area contributed by atoms with E-state index in [2.05, 4.69) is 10.6 Å². The third kappa shape index (κ3) is 9.08. The van der Waals surface area contributed by atoms with Gasteiger partial charge in [-0.05, 0) is 57.6 Å². The van der Waals surface area contributed by atoms with Gasteiger partial charge >= 0.3 is 12.1 Å². The monoisotopic (exact) mass is 480 g/mol. The minimum absolute atomic E-state index is 0.0233. The zero-order valence-electron chi connectivity index (χ0n) is 20.8. The Morgan fingerprint density at radius 1 is 0.886 bits per heavy atom. The van der Waals surface area contributed by atoms with Gasteiger partial charge in [-0.3, -0.25) is 4.79 Å². The molecule has 188 valence electrons. The molecule has 0 spiro atoms. The molecule has 2 amide bonds. The van der Waals surface area contributed by atoms with Crippen molar-refractivity contribution in [3.8, 4) is 0 Å². The standard InChI is InChI=1S/C28H36N2O5/c1-28(2,3)35-27(33)29-23-16-14-22(15-17-23)25(31)30-24(18-20-10-6-4-7-11-20)26(32)34-19-21-12-8-5-9-13-21/h4-13,22-24H,14-19H2,1-3H3,(H,29,33)(H,30,31). The minimum atomic E-state index is -0.772. The SMILES string of the molecule is CC(C)(C)OC(=O)NC1CCC(C(=O)NC(Cc2ccccc2)C(=O)OCc2ccccc2)CC1. The summed E-state index contributed by atoms with van der Waals surface area (Å²) in [4.78, 5) is 38.0. The van der Waals surface area contributed by atoms with Crippen LogP contribution in [0.4, 0.5) is 4.79 Å². The van der Waals surface area contributed by atoms with Gasteiger partial charge in [-0.2, -0.15) is 0 Å². The summed E-state index contributed by atoms with van der Waals surface area (Å²) in [5, 5.41) is 5.82. The van der Waals surface area contributed by atoms with E-state index in [-0.39, 0.29) is 24.5 Å². The molecule has 3 rings (SSSR count). The van der Waals surface area contributed by atoms with Crippen LogP contribution in [0.1, 0.15) is 57.6 Å². The van der Waals surface area contributed by atoms with E-state index >= 15 is 0 Å². The van der Waals surface area contributed by atoms with Gasteiger partial charge in [0.15, 0.2) is 0 Å². The highest BCUT2D eigenvalue weighted by Gasteiger charge is 2.31. The van der Waals surface area contributed by atoms with Crippen molar-refractivity contribution in [3.63, 3.8) is 0 Å². The summed E-state index contributed by atoms with van der Waals surface area (Å²) in [5.74, 6) is -0.823. The lowest BCUT2D eigenvalue weighted by atomic mass is 9.85. The molecule has 2 N–H and O–H groups in total. The Balaban J connectivity index is 1.55. The maximum Gasteiger partial charge on any atom is 0.407 e. The van der Waals surface area contributed by atoms with Crippen molar-refractivity contribution >= 4 is 18.0 Å². The predicted molar refractivity (Wildman–Crippen MR) is 133 cm³/mol. The van der Waals surface area contributed by atoms with Crippen molar-refractivity contribution in [2.45, 2.75) is 77.2 Å². The summed E-state index contributed by atoms with van der Waals surface area (Å²) in [6.45, 7) is 5.63. The number of hydrogen-bond donors (Lipinski definition) is 2. The van der Waals surface area contributed by atoms with Crippen molar-refractivity contribution in [3.05, 3.63) is 71.8 Å². The maximum atomic E-state index is 13.1. The number of carbonyl (C=O) groups is 3. The third-order valence-electron chi connectivity index (χ3n) is 5.93. The molecule has 2 aromatic rings. The highest BCUT2D eigenvalue weighted by atomic mass is 16.6.